The van der Waals surface area contributed by atoms with Crippen molar-refractivity contribution in [1.82, 2.24) is 8.61 Å². The maximum absolute atomic E-state index is 12.4. The standard InChI is InChI=1S/C10H21N3O3S2/c1-16-9-8-13(7-4-10(11)17)18(14,15)12-5-2-3-6-12/h2-9H2,1H3,(H2,11,17). The lowest BCUT2D eigenvalue weighted by molar-refractivity contribution is 0.177. The van der Waals surface area contributed by atoms with Crippen LogP contribution in [0, 0.1) is 0 Å². The van der Waals surface area contributed by atoms with Crippen molar-refractivity contribution >= 4 is 27.4 Å². The molecular weight excluding hydrogens is 274 g/mol. The third-order valence-electron chi connectivity index (χ3n) is 2.87. The molecule has 0 aromatic rings. The summed E-state index contributed by atoms with van der Waals surface area (Å²) in [5.74, 6) is 0. The van der Waals surface area contributed by atoms with Crippen LogP contribution in [0.3, 0.4) is 0 Å². The average Bonchev–Trinajstić information content (AvgIpc) is 2.82. The lowest BCUT2D eigenvalue weighted by Crippen LogP contribution is -2.44. The first-order valence-electron chi connectivity index (χ1n) is 6.01. The van der Waals surface area contributed by atoms with E-state index in [1.54, 1.807) is 7.11 Å². The van der Waals surface area contributed by atoms with E-state index in [0.29, 0.717) is 44.2 Å². The summed E-state index contributed by atoms with van der Waals surface area (Å²) in [5, 5.41) is 0. The fourth-order valence-corrected chi connectivity index (χ4v) is 3.62. The summed E-state index contributed by atoms with van der Waals surface area (Å²) < 4.78 is 32.6. The van der Waals surface area contributed by atoms with Gasteiger partial charge in [-0.25, -0.2) is 0 Å². The molecule has 8 heteroatoms. The van der Waals surface area contributed by atoms with E-state index in [1.165, 1.54) is 8.61 Å². The fourth-order valence-electron chi connectivity index (χ4n) is 1.85. The molecule has 1 aliphatic rings. The average molecular weight is 295 g/mol. The van der Waals surface area contributed by atoms with E-state index in [-0.39, 0.29) is 0 Å². The second-order valence-electron chi connectivity index (χ2n) is 4.22. The zero-order valence-electron chi connectivity index (χ0n) is 10.7. The number of nitrogens with two attached hydrogens (primary N) is 1. The summed E-state index contributed by atoms with van der Waals surface area (Å²) in [5.41, 5.74) is 5.43. The molecule has 2 N–H and O–H groups in total. The number of nitrogens with zero attached hydrogens (tertiary/aromatic N) is 2. The van der Waals surface area contributed by atoms with E-state index >= 15 is 0 Å². The molecule has 0 saturated carbocycles. The van der Waals surface area contributed by atoms with Crippen molar-refractivity contribution in [2.24, 2.45) is 5.73 Å². The van der Waals surface area contributed by atoms with Crippen molar-refractivity contribution < 1.29 is 13.2 Å². The Hall–Kier alpha value is -0.280. The van der Waals surface area contributed by atoms with E-state index in [1.807, 2.05) is 0 Å². The summed E-state index contributed by atoms with van der Waals surface area (Å²) in [6.07, 6.45) is 2.24. The number of methoxy groups -OCH3 is 1. The number of thiocarbonyl (C=S) groups is 1. The van der Waals surface area contributed by atoms with E-state index in [4.69, 9.17) is 22.7 Å². The summed E-state index contributed by atoms with van der Waals surface area (Å²) in [6, 6.07) is 0. The quantitative estimate of drug-likeness (QED) is 0.636. The van der Waals surface area contributed by atoms with Crippen LogP contribution in [0.25, 0.3) is 0 Å². The first-order valence-corrected chi connectivity index (χ1v) is 7.81. The van der Waals surface area contributed by atoms with Crippen LogP contribution >= 0.6 is 12.2 Å². The van der Waals surface area contributed by atoms with Gasteiger partial charge in [-0.3, -0.25) is 0 Å². The first-order chi connectivity index (χ1) is 8.48. The molecule has 0 unspecified atom stereocenters. The lowest BCUT2D eigenvalue weighted by Gasteiger charge is -2.26. The van der Waals surface area contributed by atoms with Crippen molar-refractivity contribution in [3.63, 3.8) is 0 Å². The van der Waals surface area contributed by atoms with Crippen molar-refractivity contribution in [3.8, 4) is 0 Å². The van der Waals surface area contributed by atoms with E-state index < -0.39 is 10.2 Å². The van der Waals surface area contributed by atoms with Crippen LogP contribution in [0.2, 0.25) is 0 Å². The van der Waals surface area contributed by atoms with Gasteiger partial charge in [0.1, 0.15) is 0 Å². The molecule has 1 aliphatic heterocycles. The Morgan fingerprint density at radius 2 is 2.00 bits per heavy atom. The highest BCUT2D eigenvalue weighted by molar-refractivity contribution is 7.86. The Kier molecular flexibility index (Phi) is 6.44. The van der Waals surface area contributed by atoms with Gasteiger partial charge in [0.2, 0.25) is 0 Å². The summed E-state index contributed by atoms with van der Waals surface area (Å²) in [7, 11) is -1.85. The van der Waals surface area contributed by atoms with Crippen LogP contribution in [0.15, 0.2) is 0 Å². The summed E-state index contributed by atoms with van der Waals surface area (Å²) in [4.78, 5) is 0.328. The van der Waals surface area contributed by atoms with Gasteiger partial charge >= 0.3 is 0 Å². The third kappa shape index (κ3) is 4.43. The Morgan fingerprint density at radius 1 is 1.39 bits per heavy atom. The number of ether oxygens (including phenoxy) is 1. The van der Waals surface area contributed by atoms with Gasteiger partial charge in [0.15, 0.2) is 0 Å². The fraction of sp³-hybridized carbons (Fsp3) is 0.900. The normalized spacial score (nSPS) is 17.4. The van der Waals surface area contributed by atoms with Gasteiger partial charge in [-0.05, 0) is 12.8 Å². The summed E-state index contributed by atoms with van der Waals surface area (Å²) >= 11 is 4.80. The molecule has 0 amide bonds. The second-order valence-corrected chi connectivity index (χ2v) is 6.67. The zero-order valence-corrected chi connectivity index (χ0v) is 12.3. The largest absolute Gasteiger partial charge is 0.393 e. The van der Waals surface area contributed by atoms with Gasteiger partial charge in [0.05, 0.1) is 11.6 Å². The van der Waals surface area contributed by atoms with Gasteiger partial charge < -0.3 is 10.5 Å². The van der Waals surface area contributed by atoms with Gasteiger partial charge in [-0.1, -0.05) is 12.2 Å². The molecule has 1 fully saturated rings. The highest BCUT2D eigenvalue weighted by atomic mass is 32.2. The van der Waals surface area contributed by atoms with Crippen molar-refractivity contribution in [3.05, 3.63) is 0 Å². The molecule has 106 valence electrons. The Bertz CT molecular complexity index is 367. The predicted octanol–water partition coefficient (Wildman–Crippen LogP) is -0.0484. The molecule has 0 aliphatic carbocycles. The minimum Gasteiger partial charge on any atom is -0.393 e. The molecule has 1 saturated heterocycles. The van der Waals surface area contributed by atoms with Crippen LogP contribution in [0.4, 0.5) is 0 Å². The molecule has 1 rings (SSSR count). The molecule has 0 aromatic heterocycles. The van der Waals surface area contributed by atoms with Gasteiger partial charge in [0.25, 0.3) is 10.2 Å². The van der Waals surface area contributed by atoms with E-state index in [2.05, 4.69) is 0 Å². The monoisotopic (exact) mass is 295 g/mol. The second kappa shape index (κ2) is 7.34. The van der Waals surface area contributed by atoms with Crippen LogP contribution in [0.5, 0.6) is 0 Å². The summed E-state index contributed by atoms with van der Waals surface area (Å²) in [6.45, 7) is 2.21. The first kappa shape index (κ1) is 15.8. The SMILES string of the molecule is COCCN(CCC(N)=S)S(=O)(=O)N1CCCC1. The van der Waals surface area contributed by atoms with Gasteiger partial charge in [-0.2, -0.15) is 17.0 Å². The number of rotatable bonds is 8. The topological polar surface area (TPSA) is 75.9 Å². The lowest BCUT2D eigenvalue weighted by atomic mass is 10.4. The Balaban J connectivity index is 2.69. The maximum atomic E-state index is 12.4. The zero-order chi connectivity index (χ0) is 13.6. The molecule has 0 radical (unpaired) electrons. The molecule has 18 heavy (non-hydrogen) atoms. The van der Waals surface area contributed by atoms with Crippen LogP contribution < -0.4 is 5.73 Å². The highest BCUT2D eigenvalue weighted by Crippen LogP contribution is 2.16. The molecule has 0 atom stereocenters. The number of hydrogen-bond acceptors (Lipinski definition) is 4. The van der Waals surface area contributed by atoms with Crippen molar-refractivity contribution in [2.45, 2.75) is 19.3 Å². The smallest absolute Gasteiger partial charge is 0.282 e. The van der Waals surface area contributed by atoms with Gasteiger partial charge in [0, 0.05) is 39.7 Å². The highest BCUT2D eigenvalue weighted by Gasteiger charge is 2.31. The molecular formula is C10H21N3O3S2. The maximum Gasteiger partial charge on any atom is 0.282 e. The minimum absolute atomic E-state index is 0.317. The predicted molar refractivity (Wildman–Crippen MR) is 74.6 cm³/mol. The minimum atomic E-state index is -3.40. The Labute approximate surface area is 114 Å². The molecule has 0 spiro atoms. The number of hydrogen-bond donors (Lipinski definition) is 1. The van der Waals surface area contributed by atoms with Crippen LogP contribution in [-0.4, -0.2) is 61.9 Å². The third-order valence-corrected chi connectivity index (χ3v) is 5.11. The molecule has 0 aromatic carbocycles. The molecule has 1 heterocycles. The van der Waals surface area contributed by atoms with E-state index in [9.17, 15) is 8.42 Å². The van der Waals surface area contributed by atoms with Crippen molar-refractivity contribution in [1.29, 1.82) is 0 Å². The van der Waals surface area contributed by atoms with Crippen molar-refractivity contribution in [2.75, 3.05) is 39.9 Å². The molecule has 0 bridgehead atoms. The Morgan fingerprint density at radius 3 is 2.50 bits per heavy atom. The van der Waals surface area contributed by atoms with Crippen LogP contribution in [0.1, 0.15) is 19.3 Å². The van der Waals surface area contributed by atoms with Crippen LogP contribution in [-0.2, 0) is 14.9 Å². The molecule has 6 nitrogen and oxygen atoms in total. The van der Waals surface area contributed by atoms with E-state index in [0.717, 1.165) is 12.8 Å². The van der Waals surface area contributed by atoms with Gasteiger partial charge in [-0.15, -0.1) is 0 Å².